The lowest BCUT2D eigenvalue weighted by molar-refractivity contribution is 0.127. The first-order valence-electron chi connectivity index (χ1n) is 8.99. The summed E-state index contributed by atoms with van der Waals surface area (Å²) in [6, 6.07) is 0. The lowest BCUT2D eigenvalue weighted by atomic mass is 9.84. The molecule has 0 radical (unpaired) electrons. The third kappa shape index (κ3) is 5.94. The lowest BCUT2D eigenvalue weighted by Gasteiger charge is -2.29. The van der Waals surface area contributed by atoms with Crippen LogP contribution >= 0.6 is 0 Å². The highest BCUT2D eigenvalue weighted by Crippen LogP contribution is 2.31. The maximum Gasteiger partial charge on any atom is 0.190 e. The Balaban J connectivity index is 1.67. The Hall–Kier alpha value is -0.850. The van der Waals surface area contributed by atoms with Gasteiger partial charge < -0.3 is 25.4 Å². The van der Waals surface area contributed by atoms with Crippen molar-refractivity contribution in [3.05, 3.63) is 0 Å². The molecule has 0 bridgehead atoms. The molecule has 1 unspecified atom stereocenters. The molecular weight excluding hydrogens is 292 g/mol. The van der Waals surface area contributed by atoms with Crippen molar-refractivity contribution in [2.45, 2.75) is 32.1 Å². The van der Waals surface area contributed by atoms with Crippen molar-refractivity contribution in [1.82, 2.24) is 15.5 Å². The SMILES string of the molecule is CN=C(NCCC1CCN(C)CC1)NCC1(CCO)CCOC1. The van der Waals surface area contributed by atoms with Gasteiger partial charge in [0.25, 0.3) is 0 Å². The van der Waals surface area contributed by atoms with Crippen molar-refractivity contribution in [3.63, 3.8) is 0 Å². The minimum atomic E-state index is 0.0559. The Bertz CT molecular complexity index is 362. The molecule has 2 aliphatic heterocycles. The highest BCUT2D eigenvalue weighted by atomic mass is 16.5. The van der Waals surface area contributed by atoms with E-state index in [4.69, 9.17) is 4.74 Å². The van der Waals surface area contributed by atoms with Gasteiger partial charge in [-0.15, -0.1) is 0 Å². The van der Waals surface area contributed by atoms with Crippen LogP contribution in [-0.2, 0) is 4.74 Å². The molecule has 1 atom stereocenters. The third-order valence-corrected chi connectivity index (χ3v) is 5.36. The van der Waals surface area contributed by atoms with Gasteiger partial charge in [0.05, 0.1) is 6.61 Å². The van der Waals surface area contributed by atoms with Crippen molar-refractivity contribution in [2.24, 2.45) is 16.3 Å². The minimum Gasteiger partial charge on any atom is -0.396 e. The number of rotatable bonds is 7. The summed E-state index contributed by atoms with van der Waals surface area (Å²) < 4.78 is 5.53. The van der Waals surface area contributed by atoms with Gasteiger partial charge in [0, 0.05) is 38.8 Å². The Morgan fingerprint density at radius 2 is 2.13 bits per heavy atom. The quantitative estimate of drug-likeness (QED) is 0.474. The predicted molar refractivity (Wildman–Crippen MR) is 93.8 cm³/mol. The van der Waals surface area contributed by atoms with Gasteiger partial charge in [-0.25, -0.2) is 0 Å². The van der Waals surface area contributed by atoms with Crippen molar-refractivity contribution in [1.29, 1.82) is 0 Å². The number of ether oxygens (including phenoxy) is 1. The molecule has 0 saturated carbocycles. The summed E-state index contributed by atoms with van der Waals surface area (Å²) in [5, 5.41) is 16.1. The second kappa shape index (κ2) is 9.45. The van der Waals surface area contributed by atoms with E-state index in [0.717, 1.165) is 51.0 Å². The highest BCUT2D eigenvalue weighted by molar-refractivity contribution is 5.79. The number of aliphatic imine (C=N–C) groups is 1. The number of aliphatic hydroxyl groups is 1. The van der Waals surface area contributed by atoms with Gasteiger partial charge in [-0.3, -0.25) is 4.99 Å². The molecule has 0 spiro atoms. The van der Waals surface area contributed by atoms with Gasteiger partial charge in [-0.05, 0) is 58.2 Å². The van der Waals surface area contributed by atoms with Crippen LogP contribution in [0.3, 0.4) is 0 Å². The Morgan fingerprint density at radius 3 is 2.74 bits per heavy atom. The Kier molecular flexibility index (Phi) is 7.59. The molecule has 0 aromatic rings. The molecule has 6 nitrogen and oxygen atoms in total. The molecule has 6 heteroatoms. The molecule has 23 heavy (non-hydrogen) atoms. The molecule has 134 valence electrons. The van der Waals surface area contributed by atoms with Crippen LogP contribution in [0.25, 0.3) is 0 Å². The standard InChI is InChI=1S/C17H34N4O2/c1-18-16(19-8-3-15-4-9-21(2)10-5-15)20-13-17(6-11-22)7-12-23-14-17/h15,22H,3-14H2,1-2H3,(H2,18,19,20). The summed E-state index contributed by atoms with van der Waals surface area (Å²) in [4.78, 5) is 6.73. The maximum atomic E-state index is 9.29. The van der Waals surface area contributed by atoms with Gasteiger partial charge in [0.1, 0.15) is 0 Å². The highest BCUT2D eigenvalue weighted by Gasteiger charge is 2.34. The zero-order chi connectivity index (χ0) is 16.5. The molecule has 2 fully saturated rings. The third-order valence-electron chi connectivity index (χ3n) is 5.36. The first kappa shape index (κ1) is 18.5. The smallest absolute Gasteiger partial charge is 0.190 e. The largest absolute Gasteiger partial charge is 0.396 e. The van der Waals surface area contributed by atoms with E-state index in [1.54, 1.807) is 0 Å². The van der Waals surface area contributed by atoms with Crippen molar-refractivity contribution < 1.29 is 9.84 Å². The van der Waals surface area contributed by atoms with E-state index in [1.807, 2.05) is 7.05 Å². The fourth-order valence-electron chi connectivity index (χ4n) is 3.55. The van der Waals surface area contributed by atoms with E-state index in [-0.39, 0.29) is 12.0 Å². The molecule has 2 saturated heterocycles. The normalized spacial score (nSPS) is 27.3. The number of nitrogens with one attached hydrogen (secondary N) is 2. The molecule has 2 aliphatic rings. The number of hydrogen-bond acceptors (Lipinski definition) is 4. The van der Waals surface area contributed by atoms with E-state index in [9.17, 15) is 5.11 Å². The first-order valence-corrected chi connectivity index (χ1v) is 8.99. The summed E-state index contributed by atoms with van der Waals surface area (Å²) in [5.41, 5.74) is 0.0559. The molecule has 0 aliphatic carbocycles. The summed E-state index contributed by atoms with van der Waals surface area (Å²) in [6.45, 7) is 5.96. The zero-order valence-electron chi connectivity index (χ0n) is 14.8. The van der Waals surface area contributed by atoms with Gasteiger partial charge >= 0.3 is 0 Å². The van der Waals surface area contributed by atoms with Crippen LogP contribution in [0.5, 0.6) is 0 Å². The topological polar surface area (TPSA) is 69.1 Å². The summed E-state index contributed by atoms with van der Waals surface area (Å²) in [7, 11) is 4.02. The van der Waals surface area contributed by atoms with Gasteiger partial charge in [-0.1, -0.05) is 0 Å². The van der Waals surface area contributed by atoms with Gasteiger partial charge in [-0.2, -0.15) is 0 Å². The lowest BCUT2D eigenvalue weighted by Crippen LogP contribution is -2.45. The summed E-state index contributed by atoms with van der Waals surface area (Å²) in [5.74, 6) is 1.70. The van der Waals surface area contributed by atoms with E-state index >= 15 is 0 Å². The van der Waals surface area contributed by atoms with Crippen molar-refractivity contribution in [3.8, 4) is 0 Å². The molecule has 0 aromatic heterocycles. The van der Waals surface area contributed by atoms with Crippen LogP contribution in [0.1, 0.15) is 32.1 Å². The predicted octanol–water partition coefficient (Wildman–Crippen LogP) is 0.672. The van der Waals surface area contributed by atoms with Gasteiger partial charge in [0.2, 0.25) is 0 Å². The van der Waals surface area contributed by atoms with Crippen LogP contribution in [0.2, 0.25) is 0 Å². The fourth-order valence-corrected chi connectivity index (χ4v) is 3.55. The van der Waals surface area contributed by atoms with Crippen molar-refractivity contribution >= 4 is 5.96 Å². The number of nitrogens with zero attached hydrogens (tertiary/aromatic N) is 2. The second-order valence-electron chi connectivity index (χ2n) is 7.16. The monoisotopic (exact) mass is 326 g/mol. The number of piperidine rings is 1. The summed E-state index contributed by atoms with van der Waals surface area (Å²) >= 11 is 0. The number of guanidine groups is 1. The minimum absolute atomic E-state index is 0.0559. The van der Waals surface area contributed by atoms with E-state index in [0.29, 0.717) is 0 Å². The fraction of sp³-hybridized carbons (Fsp3) is 0.941. The zero-order valence-corrected chi connectivity index (χ0v) is 14.8. The second-order valence-corrected chi connectivity index (χ2v) is 7.16. The van der Waals surface area contributed by atoms with Gasteiger partial charge in [0.15, 0.2) is 5.96 Å². The molecule has 2 heterocycles. The summed E-state index contributed by atoms with van der Waals surface area (Å²) in [6.07, 6.45) is 5.61. The molecule has 2 rings (SSSR count). The van der Waals surface area contributed by atoms with Crippen LogP contribution in [0, 0.1) is 11.3 Å². The molecular formula is C17H34N4O2. The maximum absolute atomic E-state index is 9.29. The molecule has 0 aromatic carbocycles. The number of likely N-dealkylation sites (tertiary alicyclic amines) is 1. The van der Waals surface area contributed by atoms with Crippen LogP contribution < -0.4 is 10.6 Å². The average Bonchev–Trinajstić information content (AvgIpc) is 3.02. The molecule has 3 N–H and O–H groups in total. The van der Waals surface area contributed by atoms with E-state index in [1.165, 1.54) is 32.4 Å². The number of hydrogen-bond donors (Lipinski definition) is 3. The van der Waals surface area contributed by atoms with E-state index < -0.39 is 0 Å². The number of aliphatic hydroxyl groups excluding tert-OH is 1. The van der Waals surface area contributed by atoms with Crippen molar-refractivity contribution in [2.75, 3.05) is 60.1 Å². The Morgan fingerprint density at radius 1 is 1.35 bits per heavy atom. The Labute approximate surface area is 140 Å². The van der Waals surface area contributed by atoms with Crippen LogP contribution in [0.4, 0.5) is 0 Å². The van der Waals surface area contributed by atoms with E-state index in [2.05, 4.69) is 27.6 Å². The molecule has 0 amide bonds. The average molecular weight is 326 g/mol. The van der Waals surface area contributed by atoms with Crippen LogP contribution in [0.15, 0.2) is 4.99 Å². The first-order chi connectivity index (χ1) is 11.2. The van der Waals surface area contributed by atoms with Crippen LogP contribution in [-0.4, -0.2) is 76.1 Å².